The highest BCUT2D eigenvalue weighted by Gasteiger charge is 2.40. The second-order valence-corrected chi connectivity index (χ2v) is 8.10. The maximum atomic E-state index is 10.0. The Bertz CT molecular complexity index is 771. The number of β-amino-alcohol motifs (C(OH)–C–C–N with tert-alkyl or cyclic N) is 1. The van der Waals surface area contributed by atoms with Gasteiger partial charge in [0.05, 0.1) is 18.8 Å². The maximum Gasteiger partial charge on any atom is 0.137 e. The molecule has 0 radical (unpaired) electrons. The first-order valence-electron chi connectivity index (χ1n) is 10.7. The lowest BCUT2D eigenvalue weighted by Crippen LogP contribution is -2.62. The van der Waals surface area contributed by atoms with Gasteiger partial charge in [-0.3, -0.25) is 4.90 Å². The summed E-state index contributed by atoms with van der Waals surface area (Å²) in [7, 11) is 0. The van der Waals surface area contributed by atoms with Gasteiger partial charge in [-0.1, -0.05) is 25.0 Å². The van der Waals surface area contributed by atoms with E-state index in [1.165, 1.54) is 5.56 Å². The number of anilines is 1. The number of aliphatic hydroxyl groups is 4. The van der Waals surface area contributed by atoms with Crippen LogP contribution in [0.1, 0.15) is 31.2 Å². The summed E-state index contributed by atoms with van der Waals surface area (Å²) < 4.78 is 0. The smallest absolute Gasteiger partial charge is 0.137 e. The Hall–Kier alpha value is -1.97. The molecule has 4 atom stereocenters. The molecule has 8 nitrogen and oxygen atoms in total. The first kappa shape index (κ1) is 22.7. The van der Waals surface area contributed by atoms with Crippen molar-refractivity contribution >= 4 is 5.69 Å². The minimum absolute atomic E-state index is 0.231. The SMILES string of the molecule is Cc1ccc(-c2ncc[nH]2)cc1NCCCCCCN1C[C@H](O)[C@@H](O)[C@H](O)[C@H]1CO. The molecule has 0 aliphatic carbocycles. The molecule has 1 aliphatic heterocycles. The molecule has 1 saturated heterocycles. The Morgan fingerprint density at radius 1 is 1.13 bits per heavy atom. The molecule has 8 heteroatoms. The van der Waals surface area contributed by atoms with Crippen LogP contribution in [-0.2, 0) is 0 Å². The van der Waals surface area contributed by atoms with Crippen LogP contribution in [0, 0.1) is 6.92 Å². The number of aromatic nitrogens is 2. The number of H-pyrrole nitrogens is 1. The Kier molecular flexibility index (Phi) is 8.24. The van der Waals surface area contributed by atoms with E-state index in [9.17, 15) is 20.4 Å². The summed E-state index contributed by atoms with van der Waals surface area (Å²) in [5.41, 5.74) is 3.37. The number of hydrogen-bond donors (Lipinski definition) is 6. The minimum atomic E-state index is -1.20. The third-order valence-electron chi connectivity index (χ3n) is 5.91. The van der Waals surface area contributed by atoms with Crippen molar-refractivity contribution in [3.05, 3.63) is 36.2 Å². The first-order chi connectivity index (χ1) is 14.5. The number of benzene rings is 1. The molecule has 1 aliphatic rings. The van der Waals surface area contributed by atoms with Crippen LogP contribution in [0.15, 0.2) is 30.6 Å². The van der Waals surface area contributed by atoms with Gasteiger partial charge in [0.1, 0.15) is 18.0 Å². The molecule has 3 rings (SSSR count). The number of nitrogens with one attached hydrogen (secondary N) is 2. The summed E-state index contributed by atoms with van der Waals surface area (Å²) >= 11 is 0. The van der Waals surface area contributed by atoms with E-state index < -0.39 is 24.4 Å². The largest absolute Gasteiger partial charge is 0.395 e. The third kappa shape index (κ3) is 5.59. The Morgan fingerprint density at radius 3 is 2.67 bits per heavy atom. The van der Waals surface area contributed by atoms with Crippen molar-refractivity contribution in [1.29, 1.82) is 0 Å². The fourth-order valence-electron chi connectivity index (χ4n) is 4.03. The van der Waals surface area contributed by atoms with Gasteiger partial charge in [-0.2, -0.15) is 0 Å². The molecular formula is C22H34N4O4. The third-order valence-corrected chi connectivity index (χ3v) is 5.91. The summed E-state index contributed by atoms with van der Waals surface area (Å²) in [6.45, 7) is 3.70. The second kappa shape index (κ2) is 10.9. The van der Waals surface area contributed by atoms with E-state index in [-0.39, 0.29) is 13.2 Å². The summed E-state index contributed by atoms with van der Waals surface area (Å²) in [5.74, 6) is 0.861. The molecule has 0 amide bonds. The lowest BCUT2D eigenvalue weighted by Gasteiger charge is -2.43. The van der Waals surface area contributed by atoms with Crippen molar-refractivity contribution in [2.75, 3.05) is 31.6 Å². The number of unbranched alkanes of at least 4 members (excludes halogenated alkanes) is 3. The van der Waals surface area contributed by atoms with E-state index in [0.29, 0.717) is 6.54 Å². The minimum Gasteiger partial charge on any atom is -0.395 e. The molecule has 0 spiro atoms. The first-order valence-corrected chi connectivity index (χ1v) is 10.7. The molecule has 1 fully saturated rings. The normalized spacial score (nSPS) is 24.8. The van der Waals surface area contributed by atoms with Crippen molar-refractivity contribution in [1.82, 2.24) is 14.9 Å². The van der Waals surface area contributed by atoms with E-state index in [4.69, 9.17) is 0 Å². The number of aliphatic hydroxyl groups excluding tert-OH is 4. The molecular weight excluding hydrogens is 384 g/mol. The molecule has 2 aromatic rings. The predicted molar refractivity (Wildman–Crippen MR) is 116 cm³/mol. The summed E-state index contributed by atoms with van der Waals surface area (Å²) in [6, 6.07) is 5.75. The lowest BCUT2D eigenvalue weighted by molar-refractivity contribution is -0.145. The average Bonchev–Trinajstić information content (AvgIpc) is 3.27. The van der Waals surface area contributed by atoms with Gasteiger partial charge in [0.25, 0.3) is 0 Å². The zero-order chi connectivity index (χ0) is 21.5. The number of nitrogens with zero attached hydrogens (tertiary/aromatic N) is 2. The van der Waals surface area contributed by atoms with Crippen molar-refractivity contribution < 1.29 is 20.4 Å². The van der Waals surface area contributed by atoms with Crippen molar-refractivity contribution in [3.63, 3.8) is 0 Å². The van der Waals surface area contributed by atoms with Crippen LogP contribution in [0.25, 0.3) is 11.4 Å². The molecule has 1 aromatic carbocycles. The molecule has 0 saturated carbocycles. The van der Waals surface area contributed by atoms with Gasteiger partial charge in [0.15, 0.2) is 0 Å². The molecule has 166 valence electrons. The number of imidazole rings is 1. The number of rotatable bonds is 10. The maximum absolute atomic E-state index is 10.0. The number of aromatic amines is 1. The molecule has 2 heterocycles. The number of hydrogen-bond acceptors (Lipinski definition) is 7. The quantitative estimate of drug-likeness (QED) is 0.319. The topological polar surface area (TPSA) is 125 Å². The number of likely N-dealkylation sites (tertiary alicyclic amines) is 1. The fraction of sp³-hybridized carbons (Fsp3) is 0.591. The monoisotopic (exact) mass is 418 g/mol. The van der Waals surface area contributed by atoms with Crippen molar-refractivity contribution in [3.8, 4) is 11.4 Å². The van der Waals surface area contributed by atoms with Crippen LogP contribution in [-0.4, -0.2) is 85.9 Å². The van der Waals surface area contributed by atoms with E-state index in [1.54, 1.807) is 6.20 Å². The number of piperidine rings is 1. The van der Waals surface area contributed by atoms with Crippen molar-refractivity contribution in [2.45, 2.75) is 57.0 Å². The van der Waals surface area contributed by atoms with E-state index in [0.717, 1.165) is 49.3 Å². The summed E-state index contributed by atoms with van der Waals surface area (Å²) in [4.78, 5) is 9.31. The fourth-order valence-corrected chi connectivity index (χ4v) is 4.03. The second-order valence-electron chi connectivity index (χ2n) is 8.10. The van der Waals surface area contributed by atoms with Crippen LogP contribution in [0.4, 0.5) is 5.69 Å². The lowest BCUT2D eigenvalue weighted by atomic mass is 9.94. The summed E-state index contributed by atoms with van der Waals surface area (Å²) in [6.07, 6.45) is 4.31. The Balaban J connectivity index is 1.36. The van der Waals surface area contributed by atoms with Crippen LogP contribution in [0.2, 0.25) is 0 Å². The molecule has 0 unspecified atom stereocenters. The van der Waals surface area contributed by atoms with Crippen molar-refractivity contribution in [2.24, 2.45) is 0 Å². The van der Waals surface area contributed by atoms with E-state index in [2.05, 4.69) is 40.4 Å². The zero-order valence-electron chi connectivity index (χ0n) is 17.5. The predicted octanol–water partition coefficient (Wildman–Crippen LogP) is 1.12. The van der Waals surface area contributed by atoms with Gasteiger partial charge in [0, 0.05) is 36.7 Å². The number of aryl methyl sites for hydroxylation is 1. The van der Waals surface area contributed by atoms with Crippen LogP contribution >= 0.6 is 0 Å². The summed E-state index contributed by atoms with van der Waals surface area (Å²) in [5, 5.41) is 42.7. The van der Waals surface area contributed by atoms with Gasteiger partial charge in [-0.15, -0.1) is 0 Å². The highest BCUT2D eigenvalue weighted by molar-refractivity contribution is 5.65. The van der Waals surface area contributed by atoms with Gasteiger partial charge in [-0.25, -0.2) is 4.98 Å². The van der Waals surface area contributed by atoms with Gasteiger partial charge in [-0.05, 0) is 37.9 Å². The van der Waals surface area contributed by atoms with Crippen LogP contribution in [0.5, 0.6) is 0 Å². The highest BCUT2D eigenvalue weighted by Crippen LogP contribution is 2.23. The Morgan fingerprint density at radius 2 is 1.93 bits per heavy atom. The van der Waals surface area contributed by atoms with E-state index in [1.807, 2.05) is 11.1 Å². The molecule has 1 aromatic heterocycles. The average molecular weight is 419 g/mol. The standard InChI is InChI=1S/C22H34N4O4/c1-15-6-7-16(22-24-9-10-25-22)12-17(15)23-8-4-2-3-5-11-26-13-19(28)21(30)20(29)18(26)14-27/h6-7,9-10,12,18-21,23,27-30H,2-5,8,11,13-14H2,1H3,(H,24,25)/t18-,19+,20-,21-/m1/s1. The van der Waals surface area contributed by atoms with Gasteiger partial charge >= 0.3 is 0 Å². The molecule has 0 bridgehead atoms. The molecule has 30 heavy (non-hydrogen) atoms. The van der Waals surface area contributed by atoms with E-state index >= 15 is 0 Å². The van der Waals surface area contributed by atoms with Gasteiger partial charge < -0.3 is 30.7 Å². The van der Waals surface area contributed by atoms with Crippen LogP contribution in [0.3, 0.4) is 0 Å². The highest BCUT2D eigenvalue weighted by atomic mass is 16.4. The Labute approximate surface area is 177 Å². The zero-order valence-corrected chi connectivity index (χ0v) is 17.5. The van der Waals surface area contributed by atoms with Crippen LogP contribution < -0.4 is 5.32 Å². The molecule has 6 N–H and O–H groups in total. The van der Waals surface area contributed by atoms with Gasteiger partial charge in [0.2, 0.25) is 0 Å².